The molecule has 3 aromatic rings. The lowest BCUT2D eigenvalue weighted by Crippen LogP contribution is -2.12. The maximum absolute atomic E-state index is 11.5. The number of aromatic carboxylic acids is 1. The van der Waals surface area contributed by atoms with E-state index in [0.29, 0.717) is 5.69 Å². The van der Waals surface area contributed by atoms with Crippen molar-refractivity contribution in [3.63, 3.8) is 0 Å². The molecular formula is C17H17N3O2. The fourth-order valence-corrected chi connectivity index (χ4v) is 2.29. The third-order valence-electron chi connectivity index (χ3n) is 3.53. The first-order valence-electron chi connectivity index (χ1n) is 7.05. The Balaban J connectivity index is 2.20. The SMILES string of the molecule is CC(C)(C)c1cc(C(=O)O)n(-c2ccc3ncccc3c2)n1. The van der Waals surface area contributed by atoms with Crippen molar-refractivity contribution in [2.45, 2.75) is 26.2 Å². The topological polar surface area (TPSA) is 68.0 Å². The van der Waals surface area contributed by atoms with Crippen molar-refractivity contribution in [3.05, 3.63) is 54.0 Å². The van der Waals surface area contributed by atoms with Crippen LogP contribution < -0.4 is 0 Å². The highest BCUT2D eigenvalue weighted by atomic mass is 16.4. The molecule has 1 aromatic carbocycles. The summed E-state index contributed by atoms with van der Waals surface area (Å²) in [6.07, 6.45) is 1.73. The highest BCUT2D eigenvalue weighted by Gasteiger charge is 2.23. The van der Waals surface area contributed by atoms with Gasteiger partial charge in [-0.15, -0.1) is 0 Å². The van der Waals surface area contributed by atoms with E-state index < -0.39 is 5.97 Å². The summed E-state index contributed by atoms with van der Waals surface area (Å²) in [6.45, 7) is 6.03. The van der Waals surface area contributed by atoms with Gasteiger partial charge < -0.3 is 5.11 Å². The number of hydrogen-bond acceptors (Lipinski definition) is 3. The Morgan fingerprint density at radius 3 is 2.64 bits per heavy atom. The maximum Gasteiger partial charge on any atom is 0.354 e. The Labute approximate surface area is 128 Å². The molecule has 112 valence electrons. The van der Waals surface area contributed by atoms with E-state index in [9.17, 15) is 9.90 Å². The molecule has 0 amide bonds. The molecule has 0 aliphatic heterocycles. The van der Waals surface area contributed by atoms with Crippen molar-refractivity contribution in [2.24, 2.45) is 0 Å². The van der Waals surface area contributed by atoms with Gasteiger partial charge in [-0.25, -0.2) is 9.48 Å². The predicted octanol–water partition coefficient (Wildman–Crippen LogP) is 3.42. The third kappa shape index (κ3) is 2.45. The number of benzene rings is 1. The Bertz CT molecular complexity index is 860. The van der Waals surface area contributed by atoms with E-state index >= 15 is 0 Å². The minimum Gasteiger partial charge on any atom is -0.477 e. The van der Waals surface area contributed by atoms with Crippen LogP contribution in [0, 0.1) is 0 Å². The Morgan fingerprint density at radius 2 is 1.95 bits per heavy atom. The molecule has 0 unspecified atom stereocenters. The summed E-state index contributed by atoms with van der Waals surface area (Å²) >= 11 is 0. The van der Waals surface area contributed by atoms with Gasteiger partial charge in [0.2, 0.25) is 0 Å². The molecule has 2 aromatic heterocycles. The number of carboxylic acid groups (broad SMARTS) is 1. The second-order valence-corrected chi connectivity index (χ2v) is 6.26. The number of aromatic nitrogens is 3. The van der Waals surface area contributed by atoms with Gasteiger partial charge in [-0.2, -0.15) is 5.10 Å². The molecule has 0 saturated heterocycles. The van der Waals surface area contributed by atoms with Gasteiger partial charge in [0.15, 0.2) is 5.69 Å². The van der Waals surface area contributed by atoms with E-state index in [1.165, 1.54) is 4.68 Å². The normalized spacial score (nSPS) is 11.8. The average Bonchev–Trinajstić information content (AvgIpc) is 2.92. The molecule has 2 heterocycles. The summed E-state index contributed by atoms with van der Waals surface area (Å²) in [4.78, 5) is 15.8. The monoisotopic (exact) mass is 295 g/mol. The predicted molar refractivity (Wildman–Crippen MR) is 84.5 cm³/mol. The summed E-state index contributed by atoms with van der Waals surface area (Å²) in [5.74, 6) is -0.991. The number of carboxylic acids is 1. The minimum absolute atomic E-state index is 0.160. The minimum atomic E-state index is -0.991. The van der Waals surface area contributed by atoms with Gasteiger partial charge in [-0.1, -0.05) is 26.8 Å². The van der Waals surface area contributed by atoms with Crippen molar-refractivity contribution in [1.29, 1.82) is 0 Å². The van der Waals surface area contributed by atoms with Crippen molar-refractivity contribution >= 4 is 16.9 Å². The zero-order valence-electron chi connectivity index (χ0n) is 12.7. The van der Waals surface area contributed by atoms with Gasteiger partial charge >= 0.3 is 5.97 Å². The molecule has 3 rings (SSSR count). The largest absolute Gasteiger partial charge is 0.477 e. The van der Waals surface area contributed by atoms with Crippen LogP contribution in [0.1, 0.15) is 37.0 Å². The molecule has 0 bridgehead atoms. The third-order valence-corrected chi connectivity index (χ3v) is 3.53. The first-order valence-corrected chi connectivity index (χ1v) is 7.05. The Hall–Kier alpha value is -2.69. The zero-order valence-corrected chi connectivity index (χ0v) is 12.7. The molecular weight excluding hydrogens is 278 g/mol. The summed E-state index contributed by atoms with van der Waals surface area (Å²) < 4.78 is 1.48. The molecule has 1 N–H and O–H groups in total. The standard InChI is InChI=1S/C17H17N3O2/c1-17(2,3)15-10-14(16(21)22)20(19-15)12-6-7-13-11(9-12)5-4-8-18-13/h4-10H,1-3H3,(H,21,22). The smallest absolute Gasteiger partial charge is 0.354 e. The first kappa shape index (κ1) is 14.3. The summed E-state index contributed by atoms with van der Waals surface area (Å²) in [7, 11) is 0. The second kappa shape index (κ2) is 4.94. The van der Waals surface area contributed by atoms with Crippen LogP contribution in [0.25, 0.3) is 16.6 Å². The second-order valence-electron chi connectivity index (χ2n) is 6.26. The quantitative estimate of drug-likeness (QED) is 0.786. The number of carbonyl (C=O) groups is 1. The highest BCUT2D eigenvalue weighted by molar-refractivity contribution is 5.87. The summed E-state index contributed by atoms with van der Waals surface area (Å²) in [5.41, 5.74) is 2.28. The molecule has 22 heavy (non-hydrogen) atoms. The number of rotatable bonds is 2. The summed E-state index contributed by atoms with van der Waals surface area (Å²) in [5, 5.41) is 14.9. The van der Waals surface area contributed by atoms with Crippen LogP contribution in [-0.4, -0.2) is 25.8 Å². The van der Waals surface area contributed by atoms with Gasteiger partial charge in [0.1, 0.15) is 0 Å². The van der Waals surface area contributed by atoms with Crippen LogP contribution in [0.4, 0.5) is 0 Å². The average molecular weight is 295 g/mol. The van der Waals surface area contributed by atoms with Gasteiger partial charge in [0.25, 0.3) is 0 Å². The van der Waals surface area contributed by atoms with Gasteiger partial charge in [-0.05, 0) is 30.3 Å². The Kier molecular flexibility index (Phi) is 3.20. The van der Waals surface area contributed by atoms with Crippen LogP contribution in [-0.2, 0) is 5.41 Å². The fraction of sp³-hybridized carbons (Fsp3) is 0.235. The van der Waals surface area contributed by atoms with E-state index in [4.69, 9.17) is 0 Å². The molecule has 5 heteroatoms. The molecule has 0 aliphatic carbocycles. The summed E-state index contributed by atoms with van der Waals surface area (Å²) in [6, 6.07) is 11.0. The molecule has 5 nitrogen and oxygen atoms in total. The number of pyridine rings is 1. The Morgan fingerprint density at radius 1 is 1.18 bits per heavy atom. The van der Waals surface area contributed by atoms with Gasteiger partial charge in [-0.3, -0.25) is 4.98 Å². The van der Waals surface area contributed by atoms with Crippen LogP contribution in [0.3, 0.4) is 0 Å². The lowest BCUT2D eigenvalue weighted by Gasteiger charge is -2.14. The van der Waals surface area contributed by atoms with E-state index in [-0.39, 0.29) is 11.1 Å². The highest BCUT2D eigenvalue weighted by Crippen LogP contribution is 2.25. The van der Waals surface area contributed by atoms with E-state index in [0.717, 1.165) is 16.6 Å². The van der Waals surface area contributed by atoms with E-state index in [1.54, 1.807) is 12.3 Å². The molecule has 0 fully saturated rings. The van der Waals surface area contributed by atoms with E-state index in [1.807, 2.05) is 51.1 Å². The lowest BCUT2D eigenvalue weighted by molar-refractivity contribution is 0.0687. The van der Waals surface area contributed by atoms with Crippen LogP contribution in [0.15, 0.2) is 42.6 Å². The first-order chi connectivity index (χ1) is 10.4. The fourth-order valence-electron chi connectivity index (χ4n) is 2.29. The maximum atomic E-state index is 11.5. The van der Waals surface area contributed by atoms with Gasteiger partial charge in [0, 0.05) is 17.0 Å². The molecule has 0 saturated carbocycles. The van der Waals surface area contributed by atoms with E-state index in [2.05, 4.69) is 10.1 Å². The number of nitrogens with zero attached hydrogens (tertiary/aromatic N) is 3. The van der Waals surface area contributed by atoms with Gasteiger partial charge in [0.05, 0.1) is 16.9 Å². The number of fused-ring (bicyclic) bond motifs is 1. The van der Waals surface area contributed by atoms with Crippen molar-refractivity contribution in [3.8, 4) is 5.69 Å². The molecule has 0 aliphatic rings. The number of hydrogen-bond donors (Lipinski definition) is 1. The van der Waals surface area contributed by atoms with Crippen molar-refractivity contribution in [1.82, 2.24) is 14.8 Å². The molecule has 0 radical (unpaired) electrons. The van der Waals surface area contributed by atoms with Crippen molar-refractivity contribution in [2.75, 3.05) is 0 Å². The zero-order chi connectivity index (χ0) is 15.9. The van der Waals surface area contributed by atoms with Crippen LogP contribution in [0.2, 0.25) is 0 Å². The molecule has 0 atom stereocenters. The lowest BCUT2D eigenvalue weighted by atomic mass is 9.92. The van der Waals surface area contributed by atoms with Crippen molar-refractivity contribution < 1.29 is 9.90 Å². The molecule has 0 spiro atoms. The van der Waals surface area contributed by atoms with Crippen LogP contribution >= 0.6 is 0 Å². The van der Waals surface area contributed by atoms with Crippen LogP contribution in [0.5, 0.6) is 0 Å².